The molecule has 104 valence electrons. The molecule has 0 aromatic heterocycles. The largest absolute Gasteiger partial charge is 0.416 e. The van der Waals surface area contributed by atoms with Gasteiger partial charge in [0, 0.05) is 15.9 Å². The van der Waals surface area contributed by atoms with E-state index in [0.717, 1.165) is 28.3 Å². The second-order valence-electron chi connectivity index (χ2n) is 4.43. The van der Waals surface area contributed by atoms with E-state index in [4.69, 9.17) is 0 Å². The molecule has 1 heterocycles. The van der Waals surface area contributed by atoms with Crippen LogP contribution in [0.2, 0.25) is 0 Å². The van der Waals surface area contributed by atoms with Gasteiger partial charge in [-0.05, 0) is 31.5 Å². The predicted octanol–water partition coefficient (Wildman–Crippen LogP) is 4.59. The lowest BCUT2D eigenvalue weighted by molar-refractivity contribution is -0.137. The summed E-state index contributed by atoms with van der Waals surface area (Å²) >= 11 is 6.00. The molecule has 1 aliphatic rings. The van der Waals surface area contributed by atoms with E-state index in [1.807, 2.05) is 13.8 Å². The minimum absolute atomic E-state index is 0.0353. The molecule has 1 nitrogen and oxygen atoms in total. The molecule has 0 amide bonds. The van der Waals surface area contributed by atoms with Crippen molar-refractivity contribution >= 4 is 24.4 Å². The average molecular weight is 305 g/mol. The molecule has 1 N–H and O–H groups in total. The topological polar surface area (TPSA) is 12.0 Å². The summed E-state index contributed by atoms with van der Waals surface area (Å²) in [7, 11) is 0. The van der Waals surface area contributed by atoms with Gasteiger partial charge in [0.1, 0.15) is 5.37 Å². The lowest BCUT2D eigenvalue weighted by Crippen LogP contribution is -2.12. The minimum Gasteiger partial charge on any atom is -0.372 e. The number of allylic oxidation sites excluding steroid dienone is 1. The zero-order valence-electron chi connectivity index (χ0n) is 10.5. The van der Waals surface area contributed by atoms with Gasteiger partial charge >= 0.3 is 6.18 Å². The molecule has 0 fully saturated rings. The second kappa shape index (κ2) is 5.32. The average Bonchev–Trinajstić information content (AvgIpc) is 2.70. The van der Waals surface area contributed by atoms with Crippen molar-refractivity contribution in [3.05, 3.63) is 46.0 Å². The van der Waals surface area contributed by atoms with Gasteiger partial charge < -0.3 is 5.32 Å². The number of halogens is 3. The van der Waals surface area contributed by atoms with Crippen molar-refractivity contribution in [2.24, 2.45) is 0 Å². The number of rotatable bonds is 2. The van der Waals surface area contributed by atoms with Crippen LogP contribution in [0.1, 0.15) is 30.3 Å². The first-order chi connectivity index (χ1) is 8.79. The maximum absolute atomic E-state index is 12.5. The third-order valence-electron chi connectivity index (χ3n) is 2.88. The molecule has 1 aromatic rings. The zero-order chi connectivity index (χ0) is 14.2. The molecule has 2 atom stereocenters. The summed E-state index contributed by atoms with van der Waals surface area (Å²) in [5, 5.41) is 3.36. The Labute approximate surface area is 120 Å². The Morgan fingerprint density at radius 2 is 1.84 bits per heavy atom. The van der Waals surface area contributed by atoms with E-state index in [1.165, 1.54) is 12.1 Å². The maximum atomic E-state index is 12.5. The van der Waals surface area contributed by atoms with Crippen LogP contribution in [0.15, 0.2) is 34.9 Å². The van der Waals surface area contributed by atoms with Gasteiger partial charge in [-0.2, -0.15) is 25.8 Å². The van der Waals surface area contributed by atoms with Crippen molar-refractivity contribution < 1.29 is 13.2 Å². The van der Waals surface area contributed by atoms with Crippen molar-refractivity contribution in [2.75, 3.05) is 0 Å². The first-order valence-electron chi connectivity index (χ1n) is 5.78. The van der Waals surface area contributed by atoms with Crippen molar-refractivity contribution in [3.63, 3.8) is 0 Å². The molecule has 0 radical (unpaired) electrons. The van der Waals surface area contributed by atoms with Crippen molar-refractivity contribution in [3.8, 4) is 0 Å². The first kappa shape index (κ1) is 14.7. The fourth-order valence-electron chi connectivity index (χ4n) is 1.92. The SMILES string of the molecule is CC1=C(C(C)S)SC(c2ccc(C(F)(F)F)cc2)N1. The number of nitrogens with one attached hydrogen (secondary N) is 1. The van der Waals surface area contributed by atoms with Gasteiger partial charge in [0.05, 0.1) is 5.56 Å². The lowest BCUT2D eigenvalue weighted by atomic mass is 10.1. The molecule has 19 heavy (non-hydrogen) atoms. The molecule has 0 saturated carbocycles. The van der Waals surface area contributed by atoms with Crippen LogP contribution >= 0.6 is 24.4 Å². The second-order valence-corrected chi connectivity index (χ2v) is 6.35. The molecule has 0 spiro atoms. The summed E-state index contributed by atoms with van der Waals surface area (Å²) in [6.07, 6.45) is -4.28. The highest BCUT2D eigenvalue weighted by Crippen LogP contribution is 2.43. The summed E-state index contributed by atoms with van der Waals surface area (Å²) in [6, 6.07) is 5.28. The zero-order valence-corrected chi connectivity index (χ0v) is 12.2. The van der Waals surface area contributed by atoms with Gasteiger partial charge in [-0.1, -0.05) is 23.9 Å². The van der Waals surface area contributed by atoms with Crippen LogP contribution in [0, 0.1) is 0 Å². The number of hydrogen-bond donors (Lipinski definition) is 2. The quantitative estimate of drug-likeness (QED) is 0.775. The summed E-state index contributed by atoms with van der Waals surface area (Å²) < 4.78 is 37.5. The highest BCUT2D eigenvalue weighted by molar-refractivity contribution is 8.04. The number of benzene rings is 1. The minimum atomic E-state index is -4.28. The van der Waals surface area contributed by atoms with Crippen molar-refractivity contribution in [2.45, 2.75) is 30.6 Å². The predicted molar refractivity (Wildman–Crippen MR) is 76.1 cm³/mol. The van der Waals surface area contributed by atoms with Crippen LogP contribution < -0.4 is 5.32 Å². The Morgan fingerprint density at radius 1 is 1.26 bits per heavy atom. The molecular formula is C13H14F3NS2. The van der Waals surface area contributed by atoms with E-state index in [9.17, 15) is 13.2 Å². The molecule has 0 bridgehead atoms. The monoisotopic (exact) mass is 305 g/mol. The summed E-state index contributed by atoms with van der Waals surface area (Å²) in [6.45, 7) is 3.94. The molecule has 1 aliphatic heterocycles. The van der Waals surface area contributed by atoms with Gasteiger partial charge in [-0.25, -0.2) is 0 Å². The van der Waals surface area contributed by atoms with E-state index in [2.05, 4.69) is 17.9 Å². The molecular weight excluding hydrogens is 291 g/mol. The third kappa shape index (κ3) is 3.23. The number of alkyl halides is 3. The van der Waals surface area contributed by atoms with Crippen molar-refractivity contribution in [1.82, 2.24) is 5.32 Å². The summed E-state index contributed by atoms with van der Waals surface area (Å²) in [4.78, 5) is 1.13. The van der Waals surface area contributed by atoms with E-state index in [0.29, 0.717) is 0 Å². The fraction of sp³-hybridized carbons (Fsp3) is 0.385. The normalized spacial score (nSPS) is 21.5. The van der Waals surface area contributed by atoms with Gasteiger partial charge in [0.25, 0.3) is 0 Å². The summed E-state index contributed by atoms with van der Waals surface area (Å²) in [5.41, 5.74) is 1.26. The van der Waals surface area contributed by atoms with Crippen LogP contribution in [0.25, 0.3) is 0 Å². The van der Waals surface area contributed by atoms with E-state index < -0.39 is 11.7 Å². The van der Waals surface area contributed by atoms with Crippen LogP contribution in [0.4, 0.5) is 13.2 Å². The number of hydrogen-bond acceptors (Lipinski definition) is 3. The van der Waals surface area contributed by atoms with Crippen molar-refractivity contribution in [1.29, 1.82) is 0 Å². The van der Waals surface area contributed by atoms with Gasteiger partial charge in [-0.3, -0.25) is 0 Å². The lowest BCUT2D eigenvalue weighted by Gasteiger charge is -2.14. The molecule has 2 rings (SSSR count). The Hall–Kier alpha value is -0.750. The number of thiol groups is 1. The van der Waals surface area contributed by atoms with Gasteiger partial charge in [0.2, 0.25) is 0 Å². The van der Waals surface area contributed by atoms with Crippen LogP contribution in [-0.4, -0.2) is 5.25 Å². The highest BCUT2D eigenvalue weighted by atomic mass is 32.2. The fourth-order valence-corrected chi connectivity index (χ4v) is 3.51. The Morgan fingerprint density at radius 3 is 2.26 bits per heavy atom. The Bertz CT molecular complexity index is 492. The summed E-state index contributed by atoms with van der Waals surface area (Å²) in [5.74, 6) is 0. The standard InChI is InChI=1S/C13H14F3NS2/c1-7-11(8(2)18)19-12(17-7)9-3-5-10(6-4-9)13(14,15)16/h3-6,8,12,17-18H,1-2H3. The van der Waals surface area contributed by atoms with E-state index >= 15 is 0 Å². The van der Waals surface area contributed by atoms with E-state index in [1.54, 1.807) is 11.8 Å². The van der Waals surface area contributed by atoms with E-state index in [-0.39, 0.29) is 10.6 Å². The third-order valence-corrected chi connectivity index (χ3v) is 4.85. The number of thioether (sulfide) groups is 1. The molecule has 0 aliphatic carbocycles. The molecule has 2 unspecified atom stereocenters. The highest BCUT2D eigenvalue weighted by Gasteiger charge is 2.31. The maximum Gasteiger partial charge on any atom is 0.416 e. The van der Waals surface area contributed by atoms with Crippen LogP contribution in [0.5, 0.6) is 0 Å². The first-order valence-corrected chi connectivity index (χ1v) is 7.18. The molecule has 0 saturated heterocycles. The molecule has 1 aromatic carbocycles. The molecule has 6 heteroatoms. The van der Waals surface area contributed by atoms with Crippen LogP contribution in [-0.2, 0) is 6.18 Å². The smallest absolute Gasteiger partial charge is 0.372 e. The Kier molecular flexibility index (Phi) is 4.11. The van der Waals surface area contributed by atoms with Gasteiger partial charge in [-0.15, -0.1) is 0 Å². The van der Waals surface area contributed by atoms with Gasteiger partial charge in [0.15, 0.2) is 0 Å². The Balaban J connectivity index is 2.14. The van der Waals surface area contributed by atoms with Crippen LogP contribution in [0.3, 0.4) is 0 Å².